The number of ether oxygens (including phenoxy) is 2. The number of carbonyl (C=O) groups excluding carboxylic acids is 1. The minimum Gasteiger partial charge on any atom is -0.497 e. The molecule has 2 aromatic carbocycles. The molecule has 1 unspecified atom stereocenters. The van der Waals surface area contributed by atoms with Crippen molar-refractivity contribution in [2.24, 2.45) is 0 Å². The molecule has 1 N–H and O–H groups in total. The predicted octanol–water partition coefficient (Wildman–Crippen LogP) is 3.96. The highest BCUT2D eigenvalue weighted by molar-refractivity contribution is 5.95. The van der Waals surface area contributed by atoms with Gasteiger partial charge in [-0.1, -0.05) is 25.1 Å². The Kier molecular flexibility index (Phi) is 4.51. The van der Waals surface area contributed by atoms with E-state index in [1.165, 1.54) is 0 Å². The molecule has 0 saturated carbocycles. The Morgan fingerprint density at radius 2 is 2.00 bits per heavy atom. The summed E-state index contributed by atoms with van der Waals surface area (Å²) in [6, 6.07) is 13.7. The molecule has 0 aliphatic carbocycles. The monoisotopic (exact) mass is 311 g/mol. The number of nitrogens with one attached hydrogen (secondary N) is 1. The Bertz CT molecular complexity index is 712. The second-order valence-corrected chi connectivity index (χ2v) is 5.64. The Morgan fingerprint density at radius 3 is 2.78 bits per heavy atom. The van der Waals surface area contributed by atoms with Crippen LogP contribution in [-0.2, 0) is 4.79 Å². The van der Waals surface area contributed by atoms with Gasteiger partial charge in [0.05, 0.1) is 13.7 Å². The molecule has 0 saturated heterocycles. The Hall–Kier alpha value is -2.49. The molecule has 4 nitrogen and oxygen atoms in total. The van der Waals surface area contributed by atoms with Crippen LogP contribution in [0.4, 0.5) is 5.69 Å². The van der Waals surface area contributed by atoms with Crippen molar-refractivity contribution in [3.63, 3.8) is 0 Å². The SMILES string of the molecule is CCCOc1ccccc1C1CC(=O)Nc2ccc(OC)cc21. The van der Waals surface area contributed by atoms with Crippen LogP contribution in [0.15, 0.2) is 42.5 Å². The summed E-state index contributed by atoms with van der Waals surface area (Å²) in [4.78, 5) is 12.1. The number of para-hydroxylation sites is 1. The van der Waals surface area contributed by atoms with Gasteiger partial charge in [0.1, 0.15) is 11.5 Å². The maximum Gasteiger partial charge on any atom is 0.225 e. The van der Waals surface area contributed by atoms with E-state index in [1.54, 1.807) is 7.11 Å². The molecule has 1 aliphatic rings. The summed E-state index contributed by atoms with van der Waals surface area (Å²) in [6.07, 6.45) is 1.36. The maximum atomic E-state index is 12.1. The molecule has 1 atom stereocenters. The minimum atomic E-state index is -0.0260. The molecule has 1 aliphatic heterocycles. The van der Waals surface area contributed by atoms with Crippen molar-refractivity contribution >= 4 is 11.6 Å². The zero-order valence-corrected chi connectivity index (χ0v) is 13.5. The summed E-state index contributed by atoms with van der Waals surface area (Å²) < 4.78 is 11.2. The molecule has 3 rings (SSSR count). The van der Waals surface area contributed by atoms with Gasteiger partial charge in [-0.25, -0.2) is 0 Å². The lowest BCUT2D eigenvalue weighted by atomic mass is 9.84. The van der Waals surface area contributed by atoms with Crippen LogP contribution >= 0.6 is 0 Å². The van der Waals surface area contributed by atoms with Crippen molar-refractivity contribution in [2.75, 3.05) is 19.0 Å². The maximum absolute atomic E-state index is 12.1. The van der Waals surface area contributed by atoms with Gasteiger partial charge in [-0.05, 0) is 36.2 Å². The summed E-state index contributed by atoms with van der Waals surface area (Å²) in [5, 5.41) is 2.94. The fraction of sp³-hybridized carbons (Fsp3) is 0.316. The first kappa shape index (κ1) is 15.4. The molecule has 0 radical (unpaired) electrons. The quantitative estimate of drug-likeness (QED) is 0.909. The van der Waals surface area contributed by atoms with Crippen LogP contribution in [0.25, 0.3) is 0 Å². The van der Waals surface area contributed by atoms with E-state index in [9.17, 15) is 4.79 Å². The first-order valence-corrected chi connectivity index (χ1v) is 7.92. The molecule has 0 fully saturated rings. The number of carbonyl (C=O) groups is 1. The van der Waals surface area contributed by atoms with Crippen molar-refractivity contribution in [3.8, 4) is 11.5 Å². The standard InChI is InChI=1S/C19H21NO3/c1-3-10-23-18-7-5-4-6-14(18)15-12-19(21)20-17-9-8-13(22-2)11-16(15)17/h4-9,11,15H,3,10,12H2,1-2H3,(H,20,21). The third kappa shape index (κ3) is 3.16. The van der Waals surface area contributed by atoms with Crippen molar-refractivity contribution in [1.29, 1.82) is 0 Å². The Balaban J connectivity index is 2.05. The van der Waals surface area contributed by atoms with Gasteiger partial charge in [0.2, 0.25) is 5.91 Å². The molecule has 2 aromatic rings. The van der Waals surface area contributed by atoms with Gasteiger partial charge in [-0.3, -0.25) is 4.79 Å². The minimum absolute atomic E-state index is 0.0259. The molecule has 0 aromatic heterocycles. The van der Waals surface area contributed by atoms with Crippen molar-refractivity contribution in [2.45, 2.75) is 25.7 Å². The van der Waals surface area contributed by atoms with Crippen LogP contribution in [0.1, 0.15) is 36.8 Å². The molecule has 0 bridgehead atoms. The van der Waals surface area contributed by atoms with E-state index in [4.69, 9.17) is 9.47 Å². The van der Waals surface area contributed by atoms with Crippen LogP contribution in [0.5, 0.6) is 11.5 Å². The van der Waals surface area contributed by atoms with Crippen LogP contribution in [-0.4, -0.2) is 19.6 Å². The lowest BCUT2D eigenvalue weighted by Crippen LogP contribution is -2.23. The largest absolute Gasteiger partial charge is 0.497 e. The van der Waals surface area contributed by atoms with Gasteiger partial charge in [0.25, 0.3) is 0 Å². The number of fused-ring (bicyclic) bond motifs is 1. The number of benzene rings is 2. The average Bonchev–Trinajstić information content (AvgIpc) is 2.59. The fourth-order valence-electron chi connectivity index (χ4n) is 2.96. The average molecular weight is 311 g/mol. The fourth-order valence-corrected chi connectivity index (χ4v) is 2.96. The first-order chi connectivity index (χ1) is 11.2. The molecule has 120 valence electrons. The second-order valence-electron chi connectivity index (χ2n) is 5.64. The summed E-state index contributed by atoms with van der Waals surface area (Å²) >= 11 is 0. The van der Waals surface area contributed by atoms with Crippen molar-refractivity contribution < 1.29 is 14.3 Å². The van der Waals surface area contributed by atoms with E-state index in [-0.39, 0.29) is 11.8 Å². The first-order valence-electron chi connectivity index (χ1n) is 7.92. The van der Waals surface area contributed by atoms with Gasteiger partial charge >= 0.3 is 0 Å². The molecular formula is C19H21NO3. The van der Waals surface area contributed by atoms with E-state index < -0.39 is 0 Å². The predicted molar refractivity (Wildman–Crippen MR) is 90.3 cm³/mol. The van der Waals surface area contributed by atoms with E-state index in [1.807, 2.05) is 42.5 Å². The number of rotatable bonds is 5. The Labute approximate surface area is 136 Å². The Morgan fingerprint density at radius 1 is 1.17 bits per heavy atom. The van der Waals surface area contributed by atoms with Crippen molar-refractivity contribution in [3.05, 3.63) is 53.6 Å². The number of methoxy groups -OCH3 is 1. The van der Waals surface area contributed by atoms with E-state index >= 15 is 0 Å². The van der Waals surface area contributed by atoms with Gasteiger partial charge in [-0.15, -0.1) is 0 Å². The van der Waals surface area contributed by atoms with Gasteiger partial charge in [-0.2, -0.15) is 0 Å². The van der Waals surface area contributed by atoms with Gasteiger partial charge < -0.3 is 14.8 Å². The van der Waals surface area contributed by atoms with Gasteiger partial charge in [0, 0.05) is 23.6 Å². The van der Waals surface area contributed by atoms with Crippen LogP contribution in [0, 0.1) is 0 Å². The molecule has 1 amide bonds. The summed E-state index contributed by atoms with van der Waals surface area (Å²) in [5.41, 5.74) is 2.96. The number of hydrogen-bond acceptors (Lipinski definition) is 3. The van der Waals surface area contributed by atoms with E-state index in [0.29, 0.717) is 13.0 Å². The van der Waals surface area contributed by atoms with Crippen molar-refractivity contribution in [1.82, 2.24) is 0 Å². The third-order valence-corrected chi connectivity index (χ3v) is 4.05. The highest BCUT2D eigenvalue weighted by atomic mass is 16.5. The zero-order valence-electron chi connectivity index (χ0n) is 13.5. The van der Waals surface area contributed by atoms with Crippen LogP contribution < -0.4 is 14.8 Å². The molecule has 4 heteroatoms. The number of anilines is 1. The summed E-state index contributed by atoms with van der Waals surface area (Å²) in [6.45, 7) is 2.75. The van der Waals surface area contributed by atoms with Gasteiger partial charge in [0.15, 0.2) is 0 Å². The van der Waals surface area contributed by atoms with Crippen LogP contribution in [0.2, 0.25) is 0 Å². The molecular weight excluding hydrogens is 290 g/mol. The lowest BCUT2D eigenvalue weighted by molar-refractivity contribution is -0.116. The lowest BCUT2D eigenvalue weighted by Gasteiger charge is -2.27. The highest BCUT2D eigenvalue weighted by Crippen LogP contribution is 2.42. The third-order valence-electron chi connectivity index (χ3n) is 4.05. The second kappa shape index (κ2) is 6.73. The summed E-state index contributed by atoms with van der Waals surface area (Å²) in [7, 11) is 1.65. The summed E-state index contributed by atoms with van der Waals surface area (Å²) in [5.74, 6) is 1.64. The van der Waals surface area contributed by atoms with E-state index in [0.717, 1.165) is 34.7 Å². The van der Waals surface area contributed by atoms with E-state index in [2.05, 4.69) is 12.2 Å². The number of amides is 1. The highest BCUT2D eigenvalue weighted by Gasteiger charge is 2.28. The molecule has 23 heavy (non-hydrogen) atoms. The molecule has 0 spiro atoms. The topological polar surface area (TPSA) is 47.6 Å². The normalized spacial score (nSPS) is 16.4. The van der Waals surface area contributed by atoms with Crippen LogP contribution in [0.3, 0.4) is 0 Å². The number of hydrogen-bond donors (Lipinski definition) is 1. The zero-order chi connectivity index (χ0) is 16.2. The smallest absolute Gasteiger partial charge is 0.225 e. The molecule has 1 heterocycles.